The summed E-state index contributed by atoms with van der Waals surface area (Å²) in [5, 5.41) is 0. The number of hydrogen-bond donors (Lipinski definition) is 0. The maximum atomic E-state index is 12.7. The van der Waals surface area contributed by atoms with Gasteiger partial charge in [0.25, 0.3) is 0 Å². The molecule has 0 rings (SSSR count). The summed E-state index contributed by atoms with van der Waals surface area (Å²) in [7, 11) is 0. The molecule has 0 saturated carbocycles. The van der Waals surface area contributed by atoms with Gasteiger partial charge in [-0.1, -0.05) is 241 Å². The average molecular weight is 821 g/mol. The quantitative estimate of drug-likeness (QED) is 0.0264. The Morgan fingerprint density at radius 1 is 0.356 bits per heavy atom. The van der Waals surface area contributed by atoms with Crippen LogP contribution in [0.25, 0.3) is 0 Å². The van der Waals surface area contributed by atoms with Crippen molar-refractivity contribution < 1.29 is 28.6 Å². The molecule has 0 aliphatic carbocycles. The van der Waals surface area contributed by atoms with Crippen LogP contribution < -0.4 is 0 Å². The van der Waals surface area contributed by atoms with E-state index < -0.39 is 6.10 Å². The fourth-order valence-corrected chi connectivity index (χ4v) is 6.48. The Bertz CT molecular complexity index is 1170. The van der Waals surface area contributed by atoms with Crippen molar-refractivity contribution in [3.8, 4) is 0 Å². The van der Waals surface area contributed by atoms with E-state index in [2.05, 4.69) is 32.9 Å². The van der Waals surface area contributed by atoms with Gasteiger partial charge in [-0.15, -0.1) is 0 Å². The highest BCUT2D eigenvalue weighted by molar-refractivity contribution is 5.71. The van der Waals surface area contributed by atoms with E-state index in [1.807, 2.05) is 72.9 Å². The van der Waals surface area contributed by atoms with Crippen LogP contribution in [0.5, 0.6) is 0 Å². The zero-order valence-corrected chi connectivity index (χ0v) is 38.2. The van der Waals surface area contributed by atoms with E-state index in [9.17, 15) is 14.4 Å². The van der Waals surface area contributed by atoms with Crippen molar-refractivity contribution in [2.45, 2.75) is 219 Å². The second-order valence-corrected chi connectivity index (χ2v) is 15.8. The predicted octanol–water partition coefficient (Wildman–Crippen LogP) is 15.6. The molecule has 0 radical (unpaired) electrons. The van der Waals surface area contributed by atoms with Crippen molar-refractivity contribution in [2.24, 2.45) is 0 Å². The Labute approximate surface area is 363 Å². The predicted molar refractivity (Wildman–Crippen MR) is 251 cm³/mol. The molecule has 0 fully saturated rings. The third-order valence-electron chi connectivity index (χ3n) is 10.1. The highest BCUT2D eigenvalue weighted by atomic mass is 16.6. The van der Waals surface area contributed by atoms with Crippen LogP contribution in [0.15, 0.2) is 85.1 Å². The molecule has 0 aromatic carbocycles. The summed E-state index contributed by atoms with van der Waals surface area (Å²) < 4.78 is 16.7. The highest BCUT2D eigenvalue weighted by Crippen LogP contribution is 2.15. The molecule has 1 atom stereocenters. The molecule has 0 aliphatic heterocycles. The van der Waals surface area contributed by atoms with Crippen molar-refractivity contribution in [1.82, 2.24) is 0 Å². The third-order valence-corrected chi connectivity index (χ3v) is 10.1. The van der Waals surface area contributed by atoms with Gasteiger partial charge < -0.3 is 14.2 Å². The van der Waals surface area contributed by atoms with Crippen LogP contribution in [0, 0.1) is 0 Å². The van der Waals surface area contributed by atoms with Gasteiger partial charge in [0.15, 0.2) is 6.10 Å². The Morgan fingerprint density at radius 2 is 0.661 bits per heavy atom. The minimum absolute atomic E-state index is 0.0894. The van der Waals surface area contributed by atoms with E-state index in [0.717, 1.165) is 70.6 Å². The van der Waals surface area contributed by atoms with Crippen LogP contribution >= 0.6 is 0 Å². The number of esters is 3. The molecule has 0 spiro atoms. The van der Waals surface area contributed by atoms with Gasteiger partial charge in [0.2, 0.25) is 0 Å². The van der Waals surface area contributed by atoms with Gasteiger partial charge >= 0.3 is 17.9 Å². The molecule has 0 aromatic heterocycles. The van der Waals surface area contributed by atoms with E-state index >= 15 is 0 Å². The number of carbonyl (C=O) groups excluding carboxylic acids is 3. The maximum absolute atomic E-state index is 12.7. The smallest absolute Gasteiger partial charge is 0.306 e. The second-order valence-electron chi connectivity index (χ2n) is 15.8. The summed E-state index contributed by atoms with van der Waals surface area (Å²) in [6.45, 7) is 6.42. The standard InChI is InChI=1S/C53H88O6/c1-4-7-10-13-16-19-22-24-25-26-27-28-29-30-32-34-37-40-43-46-52(55)58-49-50(48-57-51(54)45-42-39-36-33-21-18-15-12-9-6-3)59-53(56)47-44-41-38-35-31-23-20-17-14-11-8-5-2/h7,10,13,16,19,22,24-30,32,50H,4-6,8-9,11-12,14-15,17-18,20-21,23,31,33-49H2,1-3H3/b10-7-,16-13-,22-19-,25-24-,27-26+,29-28-,32-30-. The molecule has 1 unspecified atom stereocenters. The molecule has 6 heteroatoms. The van der Waals surface area contributed by atoms with Gasteiger partial charge in [-0.05, 0) is 38.5 Å². The van der Waals surface area contributed by atoms with Gasteiger partial charge in [-0.3, -0.25) is 14.4 Å². The molecule has 6 nitrogen and oxygen atoms in total. The van der Waals surface area contributed by atoms with Crippen LogP contribution in [0.1, 0.15) is 213 Å². The lowest BCUT2D eigenvalue weighted by molar-refractivity contribution is -0.167. The van der Waals surface area contributed by atoms with Gasteiger partial charge in [0.1, 0.15) is 13.2 Å². The lowest BCUT2D eigenvalue weighted by Gasteiger charge is -2.18. The Morgan fingerprint density at radius 3 is 1.03 bits per heavy atom. The SMILES string of the molecule is CC\C=C/C=C\C=C/C=C\C=C\C=C/C=C\CCCCCC(=O)OCC(COC(=O)CCCCCCCCCCCC)OC(=O)CCCCCCCCCCCCCC. The molecule has 0 bridgehead atoms. The van der Waals surface area contributed by atoms with Gasteiger partial charge in [-0.2, -0.15) is 0 Å². The minimum atomic E-state index is -0.790. The molecule has 336 valence electrons. The Balaban J connectivity index is 4.46. The van der Waals surface area contributed by atoms with E-state index in [4.69, 9.17) is 14.2 Å². The van der Waals surface area contributed by atoms with E-state index in [1.165, 1.54) is 103 Å². The fraction of sp³-hybridized carbons (Fsp3) is 0.679. The highest BCUT2D eigenvalue weighted by Gasteiger charge is 2.19. The molecule has 0 aromatic rings. The topological polar surface area (TPSA) is 78.9 Å². The minimum Gasteiger partial charge on any atom is -0.462 e. The van der Waals surface area contributed by atoms with Crippen molar-refractivity contribution in [3.05, 3.63) is 85.1 Å². The third kappa shape index (κ3) is 45.5. The molecular weight excluding hydrogens is 733 g/mol. The number of hydrogen-bond acceptors (Lipinski definition) is 6. The largest absolute Gasteiger partial charge is 0.462 e. The number of ether oxygens (including phenoxy) is 3. The lowest BCUT2D eigenvalue weighted by Crippen LogP contribution is -2.30. The summed E-state index contributed by atoms with van der Waals surface area (Å²) in [5.74, 6) is -0.940. The molecule has 0 amide bonds. The molecule has 59 heavy (non-hydrogen) atoms. The fourth-order valence-electron chi connectivity index (χ4n) is 6.48. The Kier molecular flexibility index (Phi) is 44.5. The summed E-state index contributed by atoms with van der Waals surface area (Å²) in [6, 6.07) is 0. The summed E-state index contributed by atoms with van der Waals surface area (Å²) in [6.07, 6.45) is 59.9. The van der Waals surface area contributed by atoms with Crippen molar-refractivity contribution in [1.29, 1.82) is 0 Å². The van der Waals surface area contributed by atoms with E-state index in [0.29, 0.717) is 19.3 Å². The van der Waals surface area contributed by atoms with Crippen molar-refractivity contribution in [2.75, 3.05) is 13.2 Å². The second kappa shape index (κ2) is 47.3. The summed E-state index contributed by atoms with van der Waals surface area (Å²) in [5.41, 5.74) is 0. The van der Waals surface area contributed by atoms with Gasteiger partial charge in [0, 0.05) is 19.3 Å². The normalized spacial score (nSPS) is 12.8. The Hall–Kier alpha value is -3.41. The zero-order valence-electron chi connectivity index (χ0n) is 38.2. The first-order valence-corrected chi connectivity index (χ1v) is 24.2. The molecule has 0 saturated heterocycles. The monoisotopic (exact) mass is 821 g/mol. The number of allylic oxidation sites excluding steroid dienone is 14. The van der Waals surface area contributed by atoms with Crippen LogP contribution in [0.2, 0.25) is 0 Å². The lowest BCUT2D eigenvalue weighted by atomic mass is 10.0. The van der Waals surface area contributed by atoms with Crippen LogP contribution in [-0.4, -0.2) is 37.2 Å². The summed E-state index contributed by atoms with van der Waals surface area (Å²) >= 11 is 0. The van der Waals surface area contributed by atoms with Crippen LogP contribution in [-0.2, 0) is 28.6 Å². The van der Waals surface area contributed by atoms with Crippen LogP contribution in [0.3, 0.4) is 0 Å². The zero-order chi connectivity index (χ0) is 43.0. The average Bonchev–Trinajstić information content (AvgIpc) is 3.23. The molecular formula is C53H88O6. The number of unbranched alkanes of at least 4 members (excludes halogenated alkanes) is 23. The van der Waals surface area contributed by atoms with Crippen LogP contribution in [0.4, 0.5) is 0 Å². The number of rotatable bonds is 42. The first-order chi connectivity index (χ1) is 29.0. The molecule has 0 N–H and O–H groups in total. The van der Waals surface area contributed by atoms with Gasteiger partial charge in [-0.25, -0.2) is 0 Å². The van der Waals surface area contributed by atoms with E-state index in [1.54, 1.807) is 0 Å². The molecule has 0 aliphatic rings. The maximum Gasteiger partial charge on any atom is 0.306 e. The van der Waals surface area contributed by atoms with E-state index in [-0.39, 0.29) is 31.1 Å². The first-order valence-electron chi connectivity index (χ1n) is 24.2. The van der Waals surface area contributed by atoms with Gasteiger partial charge in [0.05, 0.1) is 0 Å². The van der Waals surface area contributed by atoms with Crippen molar-refractivity contribution >= 4 is 17.9 Å². The summed E-state index contributed by atoms with van der Waals surface area (Å²) in [4.78, 5) is 37.8. The van der Waals surface area contributed by atoms with Crippen molar-refractivity contribution in [3.63, 3.8) is 0 Å². The first kappa shape index (κ1) is 55.6. The molecule has 0 heterocycles. The number of carbonyl (C=O) groups is 3.